The fourth-order valence-corrected chi connectivity index (χ4v) is 3.94. The van der Waals surface area contributed by atoms with E-state index < -0.39 is 5.97 Å². The van der Waals surface area contributed by atoms with E-state index in [0.29, 0.717) is 17.3 Å². The third-order valence-corrected chi connectivity index (χ3v) is 5.64. The monoisotopic (exact) mass is 425 g/mol. The van der Waals surface area contributed by atoms with Gasteiger partial charge in [0.05, 0.1) is 12.6 Å². The lowest BCUT2D eigenvalue weighted by molar-refractivity contribution is -0.0289. The van der Waals surface area contributed by atoms with Crippen LogP contribution in [0.1, 0.15) is 46.4 Å². The summed E-state index contributed by atoms with van der Waals surface area (Å²) in [6.07, 6.45) is 1.82. The van der Waals surface area contributed by atoms with E-state index in [9.17, 15) is 4.79 Å². The Labute approximate surface area is 180 Å². The topological polar surface area (TPSA) is 62.9 Å². The Balaban J connectivity index is 1.39. The van der Waals surface area contributed by atoms with Gasteiger partial charge in [-0.15, -0.1) is 0 Å². The Kier molecular flexibility index (Phi) is 6.53. The fourth-order valence-electron chi connectivity index (χ4n) is 3.81. The highest BCUT2D eigenvalue weighted by atomic mass is 35.5. The molecule has 1 aromatic heterocycles. The molecule has 156 valence electrons. The van der Waals surface area contributed by atoms with Crippen LogP contribution in [0, 0.1) is 0 Å². The van der Waals surface area contributed by atoms with Crippen molar-refractivity contribution in [3.63, 3.8) is 0 Å². The number of benzene rings is 2. The van der Waals surface area contributed by atoms with Crippen LogP contribution in [0.5, 0.6) is 0 Å². The van der Waals surface area contributed by atoms with Gasteiger partial charge in [-0.3, -0.25) is 4.90 Å². The van der Waals surface area contributed by atoms with Crippen molar-refractivity contribution in [2.75, 3.05) is 13.1 Å². The molecule has 3 aromatic rings. The molecule has 1 fully saturated rings. The molecule has 2 aromatic carbocycles. The predicted octanol–water partition coefficient (Wildman–Crippen LogP) is 5.40. The summed E-state index contributed by atoms with van der Waals surface area (Å²) >= 11 is 6.07. The zero-order chi connectivity index (χ0) is 20.9. The maximum absolute atomic E-state index is 11.0. The van der Waals surface area contributed by atoms with Gasteiger partial charge in [0.2, 0.25) is 5.76 Å². The van der Waals surface area contributed by atoms with Crippen molar-refractivity contribution in [3.8, 4) is 0 Å². The highest BCUT2D eigenvalue weighted by molar-refractivity contribution is 6.30. The van der Waals surface area contributed by atoms with Crippen molar-refractivity contribution in [3.05, 3.63) is 94.4 Å². The van der Waals surface area contributed by atoms with Gasteiger partial charge in [-0.05, 0) is 48.2 Å². The second-order valence-corrected chi connectivity index (χ2v) is 7.96. The van der Waals surface area contributed by atoms with E-state index in [2.05, 4.69) is 17.0 Å². The minimum Gasteiger partial charge on any atom is -0.475 e. The summed E-state index contributed by atoms with van der Waals surface area (Å²) in [6.45, 7) is 2.35. The number of ether oxygens (including phenoxy) is 1. The zero-order valence-corrected chi connectivity index (χ0v) is 17.3. The lowest BCUT2D eigenvalue weighted by atomic mass is 10.00. The molecular weight excluding hydrogens is 402 g/mol. The van der Waals surface area contributed by atoms with Gasteiger partial charge in [0.25, 0.3) is 0 Å². The molecule has 1 atom stereocenters. The van der Waals surface area contributed by atoms with Gasteiger partial charge in [0, 0.05) is 18.1 Å². The van der Waals surface area contributed by atoms with E-state index >= 15 is 0 Å². The second-order valence-electron chi connectivity index (χ2n) is 7.52. The first-order valence-corrected chi connectivity index (χ1v) is 10.5. The molecule has 0 aliphatic carbocycles. The van der Waals surface area contributed by atoms with Crippen LogP contribution in [0.25, 0.3) is 0 Å². The molecule has 0 saturated carbocycles. The maximum atomic E-state index is 11.0. The lowest BCUT2D eigenvalue weighted by Gasteiger charge is -2.33. The number of carboxylic acids is 1. The number of carboxylic acid groups (broad SMARTS) is 1. The molecule has 1 N–H and O–H groups in total. The highest BCUT2D eigenvalue weighted by Crippen LogP contribution is 2.31. The van der Waals surface area contributed by atoms with E-state index in [1.54, 1.807) is 6.07 Å². The minimum absolute atomic E-state index is 0.0168. The normalized spacial score (nSPS) is 16.4. The van der Waals surface area contributed by atoms with Gasteiger partial charge in [-0.25, -0.2) is 4.79 Å². The molecule has 0 spiro atoms. The van der Waals surface area contributed by atoms with Crippen LogP contribution in [0.4, 0.5) is 0 Å². The first-order valence-electron chi connectivity index (χ1n) is 10.1. The largest absolute Gasteiger partial charge is 0.475 e. The highest BCUT2D eigenvalue weighted by Gasteiger charge is 2.25. The van der Waals surface area contributed by atoms with Crippen molar-refractivity contribution in [2.24, 2.45) is 0 Å². The fraction of sp³-hybridized carbons (Fsp3) is 0.292. The smallest absolute Gasteiger partial charge is 0.371 e. The summed E-state index contributed by atoms with van der Waals surface area (Å²) in [5, 5.41) is 9.71. The lowest BCUT2D eigenvalue weighted by Crippen LogP contribution is -2.37. The van der Waals surface area contributed by atoms with Gasteiger partial charge in [-0.1, -0.05) is 54.1 Å². The minimum atomic E-state index is -1.04. The second kappa shape index (κ2) is 9.47. The number of carbonyl (C=O) groups is 1. The average molecular weight is 426 g/mol. The first-order chi connectivity index (χ1) is 14.6. The summed E-state index contributed by atoms with van der Waals surface area (Å²) in [4.78, 5) is 13.2. The number of nitrogens with zero attached hydrogens (tertiary/aromatic N) is 1. The van der Waals surface area contributed by atoms with Gasteiger partial charge in [0.1, 0.15) is 11.9 Å². The Morgan fingerprint density at radius 2 is 1.70 bits per heavy atom. The van der Waals surface area contributed by atoms with Gasteiger partial charge >= 0.3 is 5.97 Å². The molecule has 30 heavy (non-hydrogen) atoms. The summed E-state index contributed by atoms with van der Waals surface area (Å²) < 4.78 is 11.9. The first kappa shape index (κ1) is 20.7. The number of likely N-dealkylation sites (tertiary alicyclic amines) is 1. The van der Waals surface area contributed by atoms with Gasteiger partial charge in [0.15, 0.2) is 0 Å². The Morgan fingerprint density at radius 3 is 2.33 bits per heavy atom. The molecule has 4 rings (SSSR count). The maximum Gasteiger partial charge on any atom is 0.371 e. The molecule has 1 aliphatic heterocycles. The van der Waals surface area contributed by atoms with E-state index in [0.717, 1.165) is 37.1 Å². The van der Waals surface area contributed by atoms with Crippen LogP contribution in [-0.4, -0.2) is 35.2 Å². The number of aromatic carboxylic acids is 1. The van der Waals surface area contributed by atoms with Crippen molar-refractivity contribution < 1.29 is 19.1 Å². The molecule has 1 saturated heterocycles. The van der Waals surface area contributed by atoms with Crippen LogP contribution in [0.3, 0.4) is 0 Å². The van der Waals surface area contributed by atoms with Crippen LogP contribution in [0.15, 0.2) is 71.1 Å². The van der Waals surface area contributed by atoms with E-state index in [-0.39, 0.29) is 18.0 Å². The summed E-state index contributed by atoms with van der Waals surface area (Å²) in [5.41, 5.74) is 2.21. The number of hydrogen-bond acceptors (Lipinski definition) is 4. The van der Waals surface area contributed by atoms with E-state index in [1.165, 1.54) is 6.07 Å². The van der Waals surface area contributed by atoms with E-state index in [4.69, 9.17) is 25.9 Å². The van der Waals surface area contributed by atoms with Crippen LogP contribution in [-0.2, 0) is 11.3 Å². The van der Waals surface area contributed by atoms with Gasteiger partial charge < -0.3 is 14.3 Å². The quantitative estimate of drug-likeness (QED) is 0.549. The van der Waals surface area contributed by atoms with Crippen molar-refractivity contribution >= 4 is 17.6 Å². The average Bonchev–Trinajstić information content (AvgIpc) is 3.23. The predicted molar refractivity (Wildman–Crippen MR) is 115 cm³/mol. The Hall–Kier alpha value is -2.60. The number of furan rings is 1. The summed E-state index contributed by atoms with van der Waals surface area (Å²) in [5.74, 6) is -0.380. The molecular formula is C24H24ClNO4. The molecule has 1 unspecified atom stereocenters. The number of halogens is 1. The standard InChI is InChI=1S/C24H24ClNO4/c25-19-8-6-18(7-9-19)23(17-4-2-1-3-5-17)30-20-12-14-26(15-13-20)16-21-10-11-22(29-21)24(27)28/h1-11,20,23H,12-16H2,(H,27,28). The molecule has 1 aliphatic rings. The molecule has 0 bridgehead atoms. The summed E-state index contributed by atoms with van der Waals surface area (Å²) in [7, 11) is 0. The number of piperidine rings is 1. The summed E-state index contributed by atoms with van der Waals surface area (Å²) in [6, 6.07) is 21.3. The Morgan fingerprint density at radius 1 is 1.03 bits per heavy atom. The number of rotatable bonds is 7. The SMILES string of the molecule is O=C(O)c1ccc(CN2CCC(OC(c3ccccc3)c3ccc(Cl)cc3)CC2)o1. The van der Waals surface area contributed by atoms with Crippen LogP contribution >= 0.6 is 11.6 Å². The molecule has 0 amide bonds. The molecule has 6 heteroatoms. The zero-order valence-electron chi connectivity index (χ0n) is 16.5. The van der Waals surface area contributed by atoms with E-state index in [1.807, 2.05) is 42.5 Å². The Bertz CT molecular complexity index is 962. The van der Waals surface area contributed by atoms with Crippen LogP contribution in [0.2, 0.25) is 5.02 Å². The molecule has 2 heterocycles. The van der Waals surface area contributed by atoms with Gasteiger partial charge in [-0.2, -0.15) is 0 Å². The molecule has 5 nitrogen and oxygen atoms in total. The van der Waals surface area contributed by atoms with Crippen molar-refractivity contribution in [1.29, 1.82) is 0 Å². The van der Waals surface area contributed by atoms with Crippen LogP contribution < -0.4 is 0 Å². The van der Waals surface area contributed by atoms with Crippen molar-refractivity contribution in [2.45, 2.75) is 31.6 Å². The molecule has 0 radical (unpaired) electrons. The van der Waals surface area contributed by atoms with Crippen molar-refractivity contribution in [1.82, 2.24) is 4.90 Å². The third-order valence-electron chi connectivity index (χ3n) is 5.39. The third kappa shape index (κ3) is 5.11. The number of hydrogen-bond donors (Lipinski definition) is 1.